The van der Waals surface area contributed by atoms with E-state index in [1.54, 1.807) is 20.8 Å². The van der Waals surface area contributed by atoms with Gasteiger partial charge in [-0.15, -0.1) is 0 Å². The van der Waals surface area contributed by atoms with Crippen molar-refractivity contribution in [1.82, 2.24) is 15.5 Å². The number of hydrogen-bond donors (Lipinski definition) is 2. The van der Waals surface area contributed by atoms with E-state index < -0.39 is 29.6 Å². The van der Waals surface area contributed by atoms with Gasteiger partial charge in [-0.05, 0) is 40.5 Å². The Morgan fingerprint density at radius 1 is 1.11 bits per heavy atom. The van der Waals surface area contributed by atoms with Gasteiger partial charge in [-0.1, -0.05) is 12.8 Å². The van der Waals surface area contributed by atoms with Crippen molar-refractivity contribution in [2.45, 2.75) is 71.4 Å². The molecule has 0 spiro atoms. The fourth-order valence-corrected chi connectivity index (χ4v) is 3.55. The number of rotatable bonds is 5. The molecule has 2 rings (SSSR count). The van der Waals surface area contributed by atoms with Gasteiger partial charge in [-0.25, -0.2) is 4.79 Å². The topological polar surface area (TPSA) is 122 Å². The maximum atomic E-state index is 12.4. The fourth-order valence-electron chi connectivity index (χ4n) is 3.55. The Labute approximate surface area is 164 Å². The molecule has 1 saturated carbocycles. The first kappa shape index (κ1) is 21.8. The van der Waals surface area contributed by atoms with Gasteiger partial charge in [0.15, 0.2) is 6.10 Å². The van der Waals surface area contributed by atoms with E-state index in [9.17, 15) is 24.0 Å². The third kappa shape index (κ3) is 5.53. The Bertz CT molecular complexity index is 645. The van der Waals surface area contributed by atoms with Crippen molar-refractivity contribution in [1.29, 1.82) is 0 Å². The molecule has 0 bridgehead atoms. The van der Waals surface area contributed by atoms with E-state index in [0.717, 1.165) is 17.7 Å². The summed E-state index contributed by atoms with van der Waals surface area (Å²) in [5.74, 6) is -2.42. The molecular weight excluding hydrogens is 366 g/mol. The lowest BCUT2D eigenvalue weighted by molar-refractivity contribution is -0.155. The van der Waals surface area contributed by atoms with E-state index in [1.165, 1.54) is 6.92 Å². The number of hydrogen-bond acceptors (Lipinski definition) is 6. The predicted molar refractivity (Wildman–Crippen MR) is 98.8 cm³/mol. The number of ether oxygens (including phenoxy) is 1. The zero-order valence-electron chi connectivity index (χ0n) is 16.9. The van der Waals surface area contributed by atoms with Crippen molar-refractivity contribution in [2.75, 3.05) is 6.54 Å². The van der Waals surface area contributed by atoms with Gasteiger partial charge in [0.2, 0.25) is 11.8 Å². The van der Waals surface area contributed by atoms with Crippen LogP contribution in [0.1, 0.15) is 59.8 Å². The highest BCUT2D eigenvalue weighted by Crippen LogP contribution is 2.37. The van der Waals surface area contributed by atoms with Gasteiger partial charge in [0, 0.05) is 12.1 Å². The van der Waals surface area contributed by atoms with Crippen LogP contribution in [0.15, 0.2) is 0 Å². The van der Waals surface area contributed by atoms with Crippen molar-refractivity contribution in [2.24, 2.45) is 11.8 Å². The van der Waals surface area contributed by atoms with E-state index in [2.05, 4.69) is 10.6 Å². The van der Waals surface area contributed by atoms with Gasteiger partial charge in [0.1, 0.15) is 0 Å². The highest BCUT2D eigenvalue weighted by molar-refractivity contribution is 6.05. The molecule has 1 heterocycles. The van der Waals surface area contributed by atoms with Gasteiger partial charge in [-0.2, -0.15) is 0 Å². The van der Waals surface area contributed by atoms with E-state index >= 15 is 0 Å². The molecule has 0 unspecified atom stereocenters. The van der Waals surface area contributed by atoms with Crippen molar-refractivity contribution in [3.05, 3.63) is 0 Å². The third-order valence-electron chi connectivity index (χ3n) is 4.87. The first-order chi connectivity index (χ1) is 13.0. The number of esters is 1. The minimum atomic E-state index is -1.18. The van der Waals surface area contributed by atoms with Crippen LogP contribution >= 0.6 is 0 Å². The molecule has 0 aromatic rings. The molecule has 28 heavy (non-hydrogen) atoms. The molecule has 2 aliphatic rings. The number of nitrogens with zero attached hydrogens (tertiary/aromatic N) is 1. The second kappa shape index (κ2) is 8.70. The average molecular weight is 395 g/mol. The Kier molecular flexibility index (Phi) is 6.79. The summed E-state index contributed by atoms with van der Waals surface area (Å²) >= 11 is 0. The lowest BCUT2D eigenvalue weighted by atomic mass is 9.81. The summed E-state index contributed by atoms with van der Waals surface area (Å²) in [6.45, 7) is 6.58. The van der Waals surface area contributed by atoms with Crippen LogP contribution in [-0.4, -0.2) is 52.8 Å². The number of nitrogens with one attached hydrogen (secondary N) is 2. The maximum absolute atomic E-state index is 12.4. The second-order valence-corrected chi connectivity index (χ2v) is 8.40. The largest absolute Gasteiger partial charge is 0.452 e. The standard InChI is InChI=1S/C19H29N3O6/c1-11(15(24)20-18(27)21-19(2,3)4)28-14(23)9-10-22-16(25)12-7-5-6-8-13(12)17(22)26/h11-13H,5-10H2,1-4H3,(H2,20,21,24,27)/t11-,12-,13-/m0/s1. The van der Waals surface area contributed by atoms with Crippen molar-refractivity contribution in [3.63, 3.8) is 0 Å². The maximum Gasteiger partial charge on any atom is 0.321 e. The molecule has 1 aliphatic carbocycles. The van der Waals surface area contributed by atoms with Crippen molar-refractivity contribution >= 4 is 29.7 Å². The summed E-state index contributed by atoms with van der Waals surface area (Å²) in [5.41, 5.74) is -0.518. The highest BCUT2D eigenvalue weighted by Gasteiger charge is 2.47. The quantitative estimate of drug-likeness (QED) is 0.531. The molecule has 1 aliphatic heterocycles. The second-order valence-electron chi connectivity index (χ2n) is 8.40. The van der Waals surface area contributed by atoms with Crippen LogP contribution in [0.2, 0.25) is 0 Å². The zero-order chi connectivity index (χ0) is 21.1. The molecule has 0 radical (unpaired) electrons. The fraction of sp³-hybridized carbons (Fsp3) is 0.737. The zero-order valence-corrected chi connectivity index (χ0v) is 16.9. The van der Waals surface area contributed by atoms with Gasteiger partial charge < -0.3 is 10.1 Å². The molecule has 5 amide bonds. The summed E-state index contributed by atoms with van der Waals surface area (Å²) in [6.07, 6.45) is 1.93. The number of carbonyl (C=O) groups excluding carboxylic acids is 5. The molecule has 0 aromatic carbocycles. The number of imide groups is 2. The summed E-state index contributed by atoms with van der Waals surface area (Å²) < 4.78 is 5.01. The van der Waals surface area contributed by atoms with Crippen LogP contribution in [0.25, 0.3) is 0 Å². The van der Waals surface area contributed by atoms with Crippen molar-refractivity contribution < 1.29 is 28.7 Å². The van der Waals surface area contributed by atoms with E-state index in [4.69, 9.17) is 4.74 Å². The van der Waals surface area contributed by atoms with Gasteiger partial charge in [0.05, 0.1) is 18.3 Å². The van der Waals surface area contributed by atoms with E-state index in [1.807, 2.05) is 0 Å². The van der Waals surface area contributed by atoms with Gasteiger partial charge in [-0.3, -0.25) is 29.4 Å². The average Bonchev–Trinajstić information content (AvgIpc) is 2.82. The Morgan fingerprint density at radius 3 is 2.14 bits per heavy atom. The summed E-state index contributed by atoms with van der Waals surface area (Å²) in [7, 11) is 0. The molecule has 2 N–H and O–H groups in total. The van der Waals surface area contributed by atoms with Crippen LogP contribution in [0.4, 0.5) is 4.79 Å². The van der Waals surface area contributed by atoms with E-state index in [-0.39, 0.29) is 36.6 Å². The molecule has 9 heteroatoms. The molecule has 0 aromatic heterocycles. The van der Waals surface area contributed by atoms with Crippen LogP contribution in [0.5, 0.6) is 0 Å². The lowest BCUT2D eigenvalue weighted by Crippen LogP contribution is -2.50. The smallest absolute Gasteiger partial charge is 0.321 e. The lowest BCUT2D eigenvalue weighted by Gasteiger charge is -2.21. The van der Waals surface area contributed by atoms with Crippen LogP contribution < -0.4 is 10.6 Å². The van der Waals surface area contributed by atoms with E-state index in [0.29, 0.717) is 12.8 Å². The number of carbonyl (C=O) groups is 5. The Morgan fingerprint density at radius 2 is 1.64 bits per heavy atom. The molecule has 156 valence electrons. The SMILES string of the molecule is C[C@H](OC(=O)CCN1C(=O)[C@H]2CCCC[C@@H]2C1=O)C(=O)NC(=O)NC(C)(C)C. The molecule has 1 saturated heterocycles. The van der Waals surface area contributed by atoms with Crippen LogP contribution in [-0.2, 0) is 23.9 Å². The summed E-state index contributed by atoms with van der Waals surface area (Å²) in [5, 5.41) is 4.66. The molecule has 3 atom stereocenters. The van der Waals surface area contributed by atoms with Crippen LogP contribution in [0, 0.1) is 11.8 Å². The predicted octanol–water partition coefficient (Wildman–Crippen LogP) is 1.11. The Balaban J connectivity index is 1.79. The van der Waals surface area contributed by atoms with Gasteiger partial charge >= 0.3 is 12.0 Å². The molecule has 9 nitrogen and oxygen atoms in total. The molecule has 2 fully saturated rings. The highest BCUT2D eigenvalue weighted by atomic mass is 16.5. The first-order valence-electron chi connectivity index (χ1n) is 9.67. The Hall–Kier alpha value is -2.45. The monoisotopic (exact) mass is 395 g/mol. The minimum Gasteiger partial charge on any atom is -0.452 e. The number of amides is 5. The summed E-state index contributed by atoms with van der Waals surface area (Å²) in [6, 6.07) is -0.684. The number of fused-ring (bicyclic) bond motifs is 1. The normalized spacial score (nSPS) is 23.1. The minimum absolute atomic E-state index is 0.0532. The number of urea groups is 1. The van der Waals surface area contributed by atoms with Crippen molar-refractivity contribution in [3.8, 4) is 0 Å². The summed E-state index contributed by atoms with van der Waals surface area (Å²) in [4.78, 5) is 61.5. The third-order valence-corrected chi connectivity index (χ3v) is 4.87. The molecular formula is C19H29N3O6. The van der Waals surface area contributed by atoms with Crippen LogP contribution in [0.3, 0.4) is 0 Å². The first-order valence-corrected chi connectivity index (χ1v) is 9.67. The van der Waals surface area contributed by atoms with Gasteiger partial charge in [0.25, 0.3) is 5.91 Å². The number of likely N-dealkylation sites (tertiary alicyclic amines) is 1.